The van der Waals surface area contributed by atoms with Crippen LogP contribution < -0.4 is 5.32 Å². The fourth-order valence-electron chi connectivity index (χ4n) is 4.52. The number of piperidine rings is 1. The average molecular weight is 456 g/mol. The summed E-state index contributed by atoms with van der Waals surface area (Å²) < 4.78 is 5.49. The second kappa shape index (κ2) is 12.1. The number of hydrogen-bond donors (Lipinski definition) is 1. The van der Waals surface area contributed by atoms with Gasteiger partial charge in [0.25, 0.3) is 0 Å². The molecule has 5 nitrogen and oxygen atoms in total. The highest BCUT2D eigenvalue weighted by Gasteiger charge is 2.21. The maximum atomic E-state index is 11.5. The quantitative estimate of drug-likeness (QED) is 0.370. The molecule has 2 heterocycles. The van der Waals surface area contributed by atoms with Crippen molar-refractivity contribution in [1.29, 1.82) is 0 Å². The second-order valence-electron chi connectivity index (χ2n) is 8.89. The maximum Gasteiger partial charge on any atom is 0.221 e. The Morgan fingerprint density at radius 2 is 1.59 bits per heavy atom. The maximum absolute atomic E-state index is 11.5. The van der Waals surface area contributed by atoms with Crippen molar-refractivity contribution < 1.29 is 9.32 Å². The zero-order chi connectivity index (χ0) is 23.6. The number of nitrogens with zero attached hydrogens (tertiary/aromatic N) is 2. The Labute approximate surface area is 201 Å². The van der Waals surface area contributed by atoms with Crippen molar-refractivity contribution in [1.82, 2.24) is 10.1 Å². The zero-order valence-corrected chi connectivity index (χ0v) is 19.8. The van der Waals surface area contributed by atoms with Crippen molar-refractivity contribution >= 4 is 22.6 Å². The number of rotatable bonds is 6. The molecule has 0 saturated carbocycles. The molecular weight excluding hydrogens is 422 g/mol. The number of likely N-dealkylation sites (tertiary alicyclic amines) is 1. The molecule has 1 amide bonds. The minimum Gasteiger partial charge on any atom is -0.356 e. The van der Waals surface area contributed by atoms with Crippen LogP contribution in [0.15, 0.2) is 89.5 Å². The number of nitrogens with one attached hydrogen (secondary N) is 1. The van der Waals surface area contributed by atoms with Gasteiger partial charge in [-0.15, -0.1) is 0 Å². The Bertz CT molecular complexity index is 1120. The van der Waals surface area contributed by atoms with Crippen LogP contribution in [0.1, 0.15) is 37.4 Å². The standard InChI is InChI=1S/C23H27N3O2.C6H6/c1-17(27)24-20-8-5-9-22-23(20)21(25-28-22)11-10-18-12-14-26(15-13-18)16-19-6-3-2-4-7-19;1-2-4-6-5-3-1/h2-9,18H,10-16H2,1H3,(H,24,27);1-6H. The number of anilines is 1. The molecule has 176 valence electrons. The summed E-state index contributed by atoms with van der Waals surface area (Å²) >= 11 is 0. The van der Waals surface area contributed by atoms with E-state index in [9.17, 15) is 4.79 Å². The van der Waals surface area contributed by atoms with Gasteiger partial charge in [0.15, 0.2) is 5.58 Å². The number of amides is 1. The zero-order valence-electron chi connectivity index (χ0n) is 19.8. The molecule has 0 bridgehead atoms. The fourth-order valence-corrected chi connectivity index (χ4v) is 4.52. The van der Waals surface area contributed by atoms with Gasteiger partial charge in [-0.1, -0.05) is 78.0 Å². The molecule has 0 unspecified atom stereocenters. The van der Waals surface area contributed by atoms with Gasteiger partial charge in [0.2, 0.25) is 5.91 Å². The lowest BCUT2D eigenvalue weighted by Gasteiger charge is -2.32. The Hall–Kier alpha value is -3.44. The van der Waals surface area contributed by atoms with E-state index in [2.05, 4.69) is 45.7 Å². The van der Waals surface area contributed by atoms with Crippen molar-refractivity contribution in [2.24, 2.45) is 5.92 Å². The molecule has 5 heteroatoms. The van der Waals surface area contributed by atoms with Crippen molar-refractivity contribution in [2.75, 3.05) is 18.4 Å². The van der Waals surface area contributed by atoms with E-state index in [1.165, 1.54) is 25.3 Å². The molecule has 4 aromatic rings. The van der Waals surface area contributed by atoms with Gasteiger partial charge in [-0.25, -0.2) is 0 Å². The van der Waals surface area contributed by atoms with Crippen molar-refractivity contribution in [2.45, 2.75) is 39.2 Å². The van der Waals surface area contributed by atoms with Gasteiger partial charge in [0.05, 0.1) is 16.8 Å². The summed E-state index contributed by atoms with van der Waals surface area (Å²) in [5.74, 6) is 0.636. The predicted octanol–water partition coefficient (Wildman–Crippen LogP) is 6.32. The third-order valence-corrected chi connectivity index (χ3v) is 6.29. The fraction of sp³-hybridized carbons (Fsp3) is 0.310. The monoisotopic (exact) mass is 455 g/mol. The van der Waals surface area contributed by atoms with Crippen LogP contribution >= 0.6 is 0 Å². The summed E-state index contributed by atoms with van der Waals surface area (Å²) in [5.41, 5.74) is 3.87. The van der Waals surface area contributed by atoms with Gasteiger partial charge < -0.3 is 9.84 Å². The summed E-state index contributed by atoms with van der Waals surface area (Å²) in [5, 5.41) is 8.12. The first-order valence-electron chi connectivity index (χ1n) is 12.1. The number of carbonyl (C=O) groups excluding carboxylic acids is 1. The number of aromatic nitrogens is 1. The molecule has 5 rings (SSSR count). The minimum absolute atomic E-state index is 0.0783. The van der Waals surface area contributed by atoms with E-state index in [0.29, 0.717) is 5.92 Å². The van der Waals surface area contributed by atoms with E-state index in [4.69, 9.17) is 4.52 Å². The van der Waals surface area contributed by atoms with Gasteiger partial charge in [0, 0.05) is 13.5 Å². The van der Waals surface area contributed by atoms with Crippen LogP contribution in [0.2, 0.25) is 0 Å². The molecule has 0 radical (unpaired) electrons. The van der Waals surface area contributed by atoms with Crippen LogP contribution in [0.3, 0.4) is 0 Å². The first-order chi connectivity index (χ1) is 16.7. The number of carbonyl (C=O) groups is 1. The highest BCUT2D eigenvalue weighted by molar-refractivity contribution is 6.00. The predicted molar refractivity (Wildman–Crippen MR) is 138 cm³/mol. The summed E-state index contributed by atoms with van der Waals surface area (Å²) in [4.78, 5) is 14.0. The lowest BCUT2D eigenvalue weighted by atomic mass is 9.91. The van der Waals surface area contributed by atoms with Crippen molar-refractivity contribution in [3.05, 3.63) is 96.2 Å². The van der Waals surface area contributed by atoms with Gasteiger partial charge in [-0.3, -0.25) is 9.69 Å². The highest BCUT2D eigenvalue weighted by Crippen LogP contribution is 2.30. The second-order valence-corrected chi connectivity index (χ2v) is 8.89. The molecule has 1 saturated heterocycles. The minimum atomic E-state index is -0.0783. The lowest BCUT2D eigenvalue weighted by molar-refractivity contribution is -0.114. The Morgan fingerprint density at radius 3 is 2.24 bits per heavy atom. The molecular formula is C29H33N3O2. The SMILES string of the molecule is CC(=O)Nc1cccc2onc(CCC3CCN(Cc4ccccc4)CC3)c12.c1ccccc1. The smallest absolute Gasteiger partial charge is 0.221 e. The van der Waals surface area contributed by atoms with E-state index in [-0.39, 0.29) is 5.91 Å². The molecule has 0 spiro atoms. The Morgan fingerprint density at radius 1 is 0.941 bits per heavy atom. The van der Waals surface area contributed by atoms with E-state index in [1.807, 2.05) is 54.6 Å². The highest BCUT2D eigenvalue weighted by atomic mass is 16.5. The van der Waals surface area contributed by atoms with Crippen LogP contribution in [0.25, 0.3) is 11.0 Å². The summed E-state index contributed by atoms with van der Waals surface area (Å²) in [7, 11) is 0. The van der Waals surface area contributed by atoms with Crippen molar-refractivity contribution in [3.63, 3.8) is 0 Å². The van der Waals surface area contributed by atoms with Crippen LogP contribution in [0.5, 0.6) is 0 Å². The van der Waals surface area contributed by atoms with Gasteiger partial charge >= 0.3 is 0 Å². The van der Waals surface area contributed by atoms with E-state index in [0.717, 1.165) is 54.8 Å². The molecule has 3 aromatic carbocycles. The topological polar surface area (TPSA) is 58.4 Å². The molecule has 0 aliphatic carbocycles. The number of benzene rings is 3. The molecule has 1 aliphatic rings. The first-order valence-corrected chi connectivity index (χ1v) is 12.1. The molecule has 1 fully saturated rings. The first kappa shape index (κ1) is 23.7. The van der Waals surface area contributed by atoms with Crippen LogP contribution in [0, 0.1) is 5.92 Å². The van der Waals surface area contributed by atoms with Crippen molar-refractivity contribution in [3.8, 4) is 0 Å². The van der Waals surface area contributed by atoms with Gasteiger partial charge in [-0.2, -0.15) is 0 Å². The van der Waals surface area contributed by atoms with E-state index in [1.54, 1.807) is 0 Å². The summed E-state index contributed by atoms with van der Waals surface area (Å²) in [6.07, 6.45) is 4.44. The Balaban J connectivity index is 0.000000398. The molecule has 0 atom stereocenters. The molecule has 1 aliphatic heterocycles. The average Bonchev–Trinajstić information content (AvgIpc) is 3.30. The number of hydrogen-bond acceptors (Lipinski definition) is 4. The Kier molecular flexibility index (Phi) is 8.47. The molecule has 34 heavy (non-hydrogen) atoms. The van der Waals surface area contributed by atoms with Crippen LogP contribution in [-0.2, 0) is 17.8 Å². The largest absolute Gasteiger partial charge is 0.356 e. The third-order valence-electron chi connectivity index (χ3n) is 6.29. The summed E-state index contributed by atoms with van der Waals surface area (Å²) in [6.45, 7) is 4.86. The van der Waals surface area contributed by atoms with Crippen LogP contribution in [0.4, 0.5) is 5.69 Å². The number of fused-ring (bicyclic) bond motifs is 1. The van der Waals surface area contributed by atoms with Crippen LogP contribution in [-0.4, -0.2) is 29.1 Å². The van der Waals surface area contributed by atoms with E-state index < -0.39 is 0 Å². The van der Waals surface area contributed by atoms with Gasteiger partial charge in [-0.05, 0) is 62.4 Å². The van der Waals surface area contributed by atoms with E-state index >= 15 is 0 Å². The molecule has 1 N–H and O–H groups in total. The lowest BCUT2D eigenvalue weighted by Crippen LogP contribution is -2.33. The summed E-state index contributed by atoms with van der Waals surface area (Å²) in [6, 6.07) is 28.4. The number of aryl methyl sites for hydroxylation is 1. The normalized spacial score (nSPS) is 14.4. The third kappa shape index (κ3) is 6.78. The molecule has 1 aromatic heterocycles. The van der Waals surface area contributed by atoms with Gasteiger partial charge in [0.1, 0.15) is 0 Å².